The van der Waals surface area contributed by atoms with Gasteiger partial charge < -0.3 is 14.6 Å². The second kappa shape index (κ2) is 7.79. The van der Waals surface area contributed by atoms with E-state index in [4.69, 9.17) is 9.47 Å². The number of hydrogen-bond donors (Lipinski definition) is 1. The van der Waals surface area contributed by atoms with Crippen LogP contribution in [0.2, 0.25) is 0 Å². The monoisotopic (exact) mass is 266 g/mol. The number of esters is 1. The van der Waals surface area contributed by atoms with E-state index in [0.29, 0.717) is 17.9 Å². The summed E-state index contributed by atoms with van der Waals surface area (Å²) < 4.78 is 10.4. The normalized spacial score (nSPS) is 12.0. The summed E-state index contributed by atoms with van der Waals surface area (Å²) in [5, 5.41) is 9.67. The predicted molar refractivity (Wildman–Crippen MR) is 73.2 cm³/mol. The molecular weight excluding hydrogens is 244 g/mol. The fraction of sp³-hybridized carbons (Fsp3) is 0.533. The molecule has 19 heavy (non-hydrogen) atoms. The van der Waals surface area contributed by atoms with Crippen molar-refractivity contribution in [2.75, 3.05) is 13.2 Å². The number of hydrogen-bond acceptors (Lipinski definition) is 4. The molecule has 0 aliphatic heterocycles. The average molecular weight is 266 g/mol. The number of carbonyl (C=O) groups is 1. The molecule has 1 aromatic rings. The van der Waals surface area contributed by atoms with Crippen molar-refractivity contribution in [2.24, 2.45) is 0 Å². The molecule has 106 valence electrons. The van der Waals surface area contributed by atoms with Crippen LogP contribution in [0.1, 0.15) is 43.9 Å². The molecule has 1 unspecified atom stereocenters. The van der Waals surface area contributed by atoms with E-state index < -0.39 is 6.10 Å². The first-order chi connectivity index (χ1) is 9.04. The predicted octanol–water partition coefficient (Wildman–Crippen LogP) is 2.77. The van der Waals surface area contributed by atoms with Crippen LogP contribution in [0.3, 0.4) is 0 Å². The number of carbonyl (C=O) groups excluding carboxylic acids is 1. The van der Waals surface area contributed by atoms with Gasteiger partial charge in [0.15, 0.2) is 6.61 Å². The Kier molecular flexibility index (Phi) is 6.36. The number of aliphatic hydroxyl groups excluding tert-OH is 1. The first kappa shape index (κ1) is 15.5. The van der Waals surface area contributed by atoms with E-state index in [1.54, 1.807) is 13.0 Å². The standard InChI is InChI=1S/C15H22O4/c1-4-5-8-18-15(17)10-19-14-7-6-11(2)9-13(14)12(3)16/h6-7,9,12,16H,4-5,8,10H2,1-3H3. The van der Waals surface area contributed by atoms with E-state index in [2.05, 4.69) is 0 Å². The van der Waals surface area contributed by atoms with E-state index in [9.17, 15) is 9.90 Å². The van der Waals surface area contributed by atoms with Crippen molar-refractivity contribution in [3.05, 3.63) is 29.3 Å². The van der Waals surface area contributed by atoms with Gasteiger partial charge in [-0.05, 0) is 32.4 Å². The van der Waals surface area contributed by atoms with Crippen LogP contribution in [0, 0.1) is 6.92 Å². The molecule has 1 N–H and O–H groups in total. The lowest BCUT2D eigenvalue weighted by Crippen LogP contribution is -2.16. The highest BCUT2D eigenvalue weighted by Crippen LogP contribution is 2.26. The molecule has 0 amide bonds. The summed E-state index contributed by atoms with van der Waals surface area (Å²) in [6, 6.07) is 5.49. The number of unbranched alkanes of at least 4 members (excludes halogenated alkanes) is 1. The molecule has 0 saturated carbocycles. The van der Waals surface area contributed by atoms with Crippen molar-refractivity contribution >= 4 is 5.97 Å². The van der Waals surface area contributed by atoms with Crippen molar-refractivity contribution in [1.29, 1.82) is 0 Å². The largest absolute Gasteiger partial charge is 0.482 e. The number of aryl methyl sites for hydroxylation is 1. The molecule has 0 aromatic heterocycles. The van der Waals surface area contributed by atoms with Crippen molar-refractivity contribution in [2.45, 2.75) is 39.7 Å². The van der Waals surface area contributed by atoms with Gasteiger partial charge in [-0.25, -0.2) is 4.79 Å². The van der Waals surface area contributed by atoms with Gasteiger partial charge in [0, 0.05) is 5.56 Å². The lowest BCUT2D eigenvalue weighted by Gasteiger charge is -2.14. The second-order valence-electron chi connectivity index (χ2n) is 4.58. The van der Waals surface area contributed by atoms with Crippen molar-refractivity contribution in [1.82, 2.24) is 0 Å². The Morgan fingerprint density at radius 1 is 1.42 bits per heavy atom. The third-order valence-corrected chi connectivity index (χ3v) is 2.72. The summed E-state index contributed by atoms with van der Waals surface area (Å²) in [5.41, 5.74) is 1.72. The SMILES string of the molecule is CCCCOC(=O)COc1ccc(C)cc1C(C)O. The topological polar surface area (TPSA) is 55.8 Å². The lowest BCUT2D eigenvalue weighted by atomic mass is 10.1. The van der Waals surface area contributed by atoms with E-state index in [1.807, 2.05) is 26.0 Å². The van der Waals surface area contributed by atoms with Crippen LogP contribution in [-0.2, 0) is 9.53 Å². The molecule has 0 spiro atoms. The van der Waals surface area contributed by atoms with Gasteiger partial charge in [-0.15, -0.1) is 0 Å². The molecule has 0 aliphatic carbocycles. The van der Waals surface area contributed by atoms with Gasteiger partial charge >= 0.3 is 5.97 Å². The Morgan fingerprint density at radius 2 is 2.16 bits per heavy atom. The highest BCUT2D eigenvalue weighted by Gasteiger charge is 2.11. The Labute approximate surface area is 114 Å². The van der Waals surface area contributed by atoms with Crippen LogP contribution in [0.4, 0.5) is 0 Å². The fourth-order valence-electron chi connectivity index (χ4n) is 1.63. The van der Waals surface area contributed by atoms with Crippen molar-refractivity contribution in [3.8, 4) is 5.75 Å². The van der Waals surface area contributed by atoms with E-state index in [-0.39, 0.29) is 12.6 Å². The Balaban J connectivity index is 2.55. The van der Waals surface area contributed by atoms with Gasteiger partial charge in [0.25, 0.3) is 0 Å². The maximum absolute atomic E-state index is 11.4. The molecule has 4 nitrogen and oxygen atoms in total. The molecule has 0 bridgehead atoms. The summed E-state index contributed by atoms with van der Waals surface area (Å²) >= 11 is 0. The second-order valence-corrected chi connectivity index (χ2v) is 4.58. The highest BCUT2D eigenvalue weighted by atomic mass is 16.6. The summed E-state index contributed by atoms with van der Waals surface area (Å²) in [7, 11) is 0. The molecule has 0 radical (unpaired) electrons. The first-order valence-electron chi connectivity index (χ1n) is 6.61. The Bertz CT molecular complexity index is 413. The van der Waals surface area contributed by atoms with Gasteiger partial charge in [0.1, 0.15) is 5.75 Å². The van der Waals surface area contributed by atoms with Crippen LogP contribution in [-0.4, -0.2) is 24.3 Å². The van der Waals surface area contributed by atoms with Gasteiger partial charge in [-0.1, -0.05) is 25.0 Å². The van der Waals surface area contributed by atoms with Crippen LogP contribution >= 0.6 is 0 Å². The maximum Gasteiger partial charge on any atom is 0.344 e. The average Bonchev–Trinajstić information content (AvgIpc) is 2.37. The highest BCUT2D eigenvalue weighted by molar-refractivity contribution is 5.71. The molecule has 1 aromatic carbocycles. The van der Waals surface area contributed by atoms with Crippen molar-refractivity contribution in [3.63, 3.8) is 0 Å². The van der Waals surface area contributed by atoms with Crippen LogP contribution in [0.25, 0.3) is 0 Å². The smallest absolute Gasteiger partial charge is 0.344 e. The van der Waals surface area contributed by atoms with Gasteiger partial charge in [-0.2, -0.15) is 0 Å². The summed E-state index contributed by atoms with van der Waals surface area (Å²) in [4.78, 5) is 11.4. The summed E-state index contributed by atoms with van der Waals surface area (Å²) in [5.74, 6) is 0.138. The minimum absolute atomic E-state index is 0.132. The molecule has 1 atom stereocenters. The fourth-order valence-corrected chi connectivity index (χ4v) is 1.63. The van der Waals surface area contributed by atoms with Gasteiger partial charge in [0.05, 0.1) is 12.7 Å². The van der Waals surface area contributed by atoms with E-state index in [1.165, 1.54) is 0 Å². The number of ether oxygens (including phenoxy) is 2. The molecule has 1 rings (SSSR count). The van der Waals surface area contributed by atoms with E-state index >= 15 is 0 Å². The maximum atomic E-state index is 11.4. The molecule has 0 heterocycles. The van der Waals surface area contributed by atoms with Crippen LogP contribution in [0.5, 0.6) is 5.75 Å². The Hall–Kier alpha value is -1.55. The number of aliphatic hydroxyl groups is 1. The van der Waals surface area contributed by atoms with E-state index in [0.717, 1.165) is 18.4 Å². The zero-order chi connectivity index (χ0) is 14.3. The van der Waals surface area contributed by atoms with Crippen LogP contribution < -0.4 is 4.74 Å². The number of rotatable bonds is 7. The third kappa shape index (κ3) is 5.30. The first-order valence-corrected chi connectivity index (χ1v) is 6.61. The Morgan fingerprint density at radius 3 is 2.79 bits per heavy atom. The van der Waals surface area contributed by atoms with Crippen molar-refractivity contribution < 1.29 is 19.4 Å². The zero-order valence-corrected chi connectivity index (χ0v) is 11.8. The molecule has 0 aliphatic rings. The zero-order valence-electron chi connectivity index (χ0n) is 11.8. The van der Waals surface area contributed by atoms with Crippen LogP contribution in [0.15, 0.2) is 18.2 Å². The number of benzene rings is 1. The minimum Gasteiger partial charge on any atom is -0.482 e. The molecule has 0 saturated heterocycles. The van der Waals surface area contributed by atoms with Gasteiger partial charge in [-0.3, -0.25) is 0 Å². The summed E-state index contributed by atoms with van der Waals surface area (Å²) in [6.07, 6.45) is 1.21. The third-order valence-electron chi connectivity index (χ3n) is 2.72. The summed E-state index contributed by atoms with van der Waals surface area (Å²) in [6.45, 7) is 5.93. The molecule has 4 heteroatoms. The molecule has 0 fully saturated rings. The molecular formula is C15H22O4. The van der Waals surface area contributed by atoms with Gasteiger partial charge in [0.2, 0.25) is 0 Å². The quantitative estimate of drug-likeness (QED) is 0.609. The lowest BCUT2D eigenvalue weighted by molar-refractivity contribution is -0.146. The minimum atomic E-state index is -0.633.